The summed E-state index contributed by atoms with van der Waals surface area (Å²) in [5.74, 6) is 0.717. The van der Waals surface area contributed by atoms with E-state index in [1.807, 2.05) is 0 Å². The first-order valence-electron chi connectivity index (χ1n) is 17.4. The number of aromatic nitrogens is 2. The molecule has 1 saturated carbocycles. The number of rotatable bonds is 7. The van der Waals surface area contributed by atoms with Gasteiger partial charge in [-0.3, -0.25) is 0 Å². The van der Waals surface area contributed by atoms with Crippen molar-refractivity contribution in [3.8, 4) is 35.2 Å². The standard InChI is InChI=1S/C38H39F3N6O2/c1-3-26-29(39)7-4-21-12-25(48)13-27(32(21)26)33-30(40)14-28-35(34(33)41)43-37(44-36(28)47-17-23-5-6-24(18-47)42-23)49-20-38(9-10-38)19-46-11-8-31-22(16-46)15-45(31)2/h1,4,7,12-14,22-24,31,42,48H,5-6,8-11,15-20H2,2H3. The van der Waals surface area contributed by atoms with Crippen molar-refractivity contribution in [1.82, 2.24) is 25.1 Å². The predicted octanol–water partition coefficient (Wildman–Crippen LogP) is 5.29. The summed E-state index contributed by atoms with van der Waals surface area (Å²) in [5.41, 5.74) is -0.745. The molecule has 2 N–H and O–H groups in total. The first kappa shape index (κ1) is 30.9. The average Bonchev–Trinajstić information content (AvgIpc) is 3.76. The summed E-state index contributed by atoms with van der Waals surface area (Å²) in [6.07, 6.45) is 11.0. The third-order valence-electron chi connectivity index (χ3n) is 11.7. The summed E-state index contributed by atoms with van der Waals surface area (Å²) in [7, 11) is 2.20. The zero-order valence-corrected chi connectivity index (χ0v) is 27.5. The molecule has 1 aromatic heterocycles. The molecule has 8 nitrogen and oxygen atoms in total. The predicted molar refractivity (Wildman–Crippen MR) is 182 cm³/mol. The number of halogens is 3. The van der Waals surface area contributed by atoms with E-state index in [2.05, 4.69) is 38.0 Å². The Kier molecular flexibility index (Phi) is 7.24. The highest BCUT2D eigenvalue weighted by Gasteiger charge is 2.48. The fraction of sp³-hybridized carbons (Fsp3) is 0.474. The van der Waals surface area contributed by atoms with Crippen molar-refractivity contribution in [2.24, 2.45) is 11.3 Å². The Morgan fingerprint density at radius 2 is 1.82 bits per heavy atom. The smallest absolute Gasteiger partial charge is 0.319 e. The molecule has 254 valence electrons. The highest BCUT2D eigenvalue weighted by Crippen LogP contribution is 2.48. The largest absolute Gasteiger partial charge is 0.508 e. The van der Waals surface area contributed by atoms with Crippen LogP contribution < -0.4 is 15.0 Å². The molecule has 3 aromatic carbocycles. The van der Waals surface area contributed by atoms with Crippen LogP contribution in [-0.2, 0) is 0 Å². The molecule has 49 heavy (non-hydrogen) atoms. The molecule has 0 radical (unpaired) electrons. The van der Waals surface area contributed by atoms with Crippen LogP contribution in [-0.4, -0.2) is 95.9 Å². The number of piperazine rings is 1. The molecule has 5 aliphatic rings. The Bertz CT molecular complexity index is 2030. The number of phenols is 1. The van der Waals surface area contributed by atoms with Crippen molar-refractivity contribution in [1.29, 1.82) is 0 Å². The number of ether oxygens (including phenoxy) is 1. The number of phenolic OH excluding ortho intramolecular Hbond substituents is 1. The van der Waals surface area contributed by atoms with Gasteiger partial charge in [-0.2, -0.15) is 9.97 Å². The fourth-order valence-corrected chi connectivity index (χ4v) is 9.03. The van der Waals surface area contributed by atoms with Gasteiger partial charge >= 0.3 is 6.01 Å². The van der Waals surface area contributed by atoms with Crippen LogP contribution >= 0.6 is 0 Å². The first-order chi connectivity index (χ1) is 23.7. The number of nitrogens with one attached hydrogen (secondary N) is 1. The lowest BCUT2D eigenvalue weighted by molar-refractivity contribution is -0.0323. The van der Waals surface area contributed by atoms with E-state index in [0.717, 1.165) is 57.8 Å². The van der Waals surface area contributed by atoms with Gasteiger partial charge in [0, 0.05) is 72.6 Å². The summed E-state index contributed by atoms with van der Waals surface area (Å²) in [5, 5.41) is 14.9. The maximum Gasteiger partial charge on any atom is 0.319 e. The van der Waals surface area contributed by atoms with E-state index in [9.17, 15) is 9.50 Å². The molecule has 4 atom stereocenters. The van der Waals surface area contributed by atoms with Gasteiger partial charge in [-0.25, -0.2) is 13.2 Å². The second kappa shape index (κ2) is 11.5. The number of likely N-dealkylation sites (tertiary alicyclic amines) is 2. The molecule has 4 aromatic rings. The van der Waals surface area contributed by atoms with Crippen molar-refractivity contribution in [3.05, 3.63) is 53.3 Å². The number of piperidine rings is 1. The van der Waals surface area contributed by atoms with Gasteiger partial charge in [0.2, 0.25) is 0 Å². The molecule has 5 heterocycles. The maximum atomic E-state index is 16.9. The van der Waals surface area contributed by atoms with Gasteiger partial charge in [0.15, 0.2) is 5.82 Å². The lowest BCUT2D eigenvalue weighted by Gasteiger charge is -2.52. The van der Waals surface area contributed by atoms with E-state index in [1.54, 1.807) is 0 Å². The molecule has 11 heteroatoms. The Labute approximate surface area is 283 Å². The van der Waals surface area contributed by atoms with Crippen LogP contribution in [0.1, 0.15) is 37.7 Å². The molecule has 2 bridgehead atoms. The van der Waals surface area contributed by atoms with Gasteiger partial charge in [0.25, 0.3) is 0 Å². The Morgan fingerprint density at radius 1 is 1.02 bits per heavy atom. The number of fused-ring (bicyclic) bond motifs is 5. The minimum absolute atomic E-state index is 0.00218. The molecule has 9 rings (SSSR count). The zero-order chi connectivity index (χ0) is 33.6. The molecule has 4 aliphatic heterocycles. The van der Waals surface area contributed by atoms with Crippen molar-refractivity contribution in [3.63, 3.8) is 0 Å². The summed E-state index contributed by atoms with van der Waals surface area (Å²) >= 11 is 0. The second-order valence-electron chi connectivity index (χ2n) is 15.1. The van der Waals surface area contributed by atoms with Crippen LogP contribution in [0.25, 0.3) is 32.8 Å². The minimum Gasteiger partial charge on any atom is -0.508 e. The number of terminal acetylenes is 1. The average molecular weight is 669 g/mol. The first-order valence-corrected chi connectivity index (χ1v) is 17.4. The zero-order valence-electron chi connectivity index (χ0n) is 27.5. The van der Waals surface area contributed by atoms with Crippen LogP contribution in [0.4, 0.5) is 19.0 Å². The quantitative estimate of drug-likeness (QED) is 0.258. The summed E-state index contributed by atoms with van der Waals surface area (Å²) < 4.78 is 54.5. The highest BCUT2D eigenvalue weighted by atomic mass is 19.1. The van der Waals surface area contributed by atoms with E-state index in [4.69, 9.17) is 16.1 Å². The van der Waals surface area contributed by atoms with Gasteiger partial charge in [-0.15, -0.1) is 6.42 Å². The van der Waals surface area contributed by atoms with Crippen molar-refractivity contribution in [2.45, 2.75) is 50.2 Å². The van der Waals surface area contributed by atoms with Gasteiger partial charge in [-0.1, -0.05) is 12.0 Å². The third-order valence-corrected chi connectivity index (χ3v) is 11.7. The lowest BCUT2D eigenvalue weighted by atomic mass is 9.83. The van der Waals surface area contributed by atoms with Crippen molar-refractivity contribution < 1.29 is 23.0 Å². The minimum atomic E-state index is -0.949. The summed E-state index contributed by atoms with van der Waals surface area (Å²) in [6.45, 7) is 5.97. The van der Waals surface area contributed by atoms with E-state index in [0.29, 0.717) is 36.9 Å². The number of nitrogens with zero attached hydrogens (tertiary/aromatic N) is 5. The number of anilines is 1. The van der Waals surface area contributed by atoms with Crippen molar-refractivity contribution in [2.75, 3.05) is 57.8 Å². The Morgan fingerprint density at radius 3 is 2.53 bits per heavy atom. The topological polar surface area (TPSA) is 77.0 Å². The number of benzene rings is 3. The van der Waals surface area contributed by atoms with Gasteiger partial charge in [-0.05, 0) is 81.3 Å². The molecule has 0 amide bonds. The highest BCUT2D eigenvalue weighted by molar-refractivity contribution is 6.04. The molecular formula is C38H39F3N6O2. The van der Waals surface area contributed by atoms with E-state index in [-0.39, 0.29) is 56.7 Å². The summed E-state index contributed by atoms with van der Waals surface area (Å²) in [4.78, 5) is 16.5. The maximum absolute atomic E-state index is 16.9. The van der Waals surface area contributed by atoms with Crippen LogP contribution in [0, 0.1) is 41.1 Å². The molecule has 1 aliphatic carbocycles. The van der Waals surface area contributed by atoms with Gasteiger partial charge in [0.05, 0.1) is 17.7 Å². The number of hydrogen-bond donors (Lipinski definition) is 2. The van der Waals surface area contributed by atoms with Gasteiger partial charge in [0.1, 0.15) is 28.7 Å². The van der Waals surface area contributed by atoms with Crippen LogP contribution in [0.3, 0.4) is 0 Å². The lowest BCUT2D eigenvalue weighted by Crippen LogP contribution is -2.62. The normalized spacial score (nSPS) is 26.1. The summed E-state index contributed by atoms with van der Waals surface area (Å²) in [6, 6.07) is 7.71. The Balaban J connectivity index is 1.11. The van der Waals surface area contributed by atoms with Crippen LogP contribution in [0.15, 0.2) is 30.3 Å². The monoisotopic (exact) mass is 668 g/mol. The molecule has 5 fully saturated rings. The van der Waals surface area contributed by atoms with Crippen molar-refractivity contribution >= 4 is 27.5 Å². The van der Waals surface area contributed by atoms with E-state index >= 15 is 8.78 Å². The third kappa shape index (κ3) is 5.27. The van der Waals surface area contributed by atoms with E-state index < -0.39 is 23.0 Å². The number of aromatic hydroxyl groups is 1. The second-order valence-corrected chi connectivity index (χ2v) is 15.1. The Hall–Kier alpha value is -4.11. The molecular weight excluding hydrogens is 629 g/mol. The fourth-order valence-electron chi connectivity index (χ4n) is 9.03. The van der Waals surface area contributed by atoms with Crippen LogP contribution in [0.5, 0.6) is 11.8 Å². The van der Waals surface area contributed by atoms with E-state index in [1.165, 1.54) is 36.8 Å². The number of hydrogen-bond acceptors (Lipinski definition) is 8. The molecule has 4 saturated heterocycles. The molecule has 4 unspecified atom stereocenters. The SMILES string of the molecule is C#Cc1c(F)ccc2cc(O)cc(-c3c(F)cc4c(N5CC6CCC(C5)N6)nc(OCC5(CN6CCC7C(C6)CN7C)CC5)nc4c3F)c12. The van der Waals surface area contributed by atoms with Crippen LogP contribution in [0.2, 0.25) is 0 Å². The molecule has 0 spiro atoms. The van der Waals surface area contributed by atoms with Gasteiger partial charge < -0.3 is 29.9 Å².